The normalized spacial score (nSPS) is 21.6. The van der Waals surface area contributed by atoms with Crippen molar-refractivity contribution in [1.82, 2.24) is 9.80 Å². The van der Waals surface area contributed by atoms with E-state index in [1.165, 1.54) is 15.9 Å². The summed E-state index contributed by atoms with van der Waals surface area (Å²) in [5.41, 5.74) is 8.13. The number of primary amides is 1. The number of benzene rings is 2. The zero-order valence-corrected chi connectivity index (χ0v) is 25.2. The molecule has 3 atom stereocenters. The number of ether oxygens (including phenoxy) is 3. The van der Waals surface area contributed by atoms with E-state index in [0.29, 0.717) is 32.0 Å². The molecule has 10 nitrogen and oxygen atoms in total. The van der Waals surface area contributed by atoms with Gasteiger partial charge in [-0.15, -0.1) is 0 Å². The van der Waals surface area contributed by atoms with Crippen molar-refractivity contribution in [3.8, 4) is 0 Å². The topological polar surface area (TPSA) is 123 Å². The maximum absolute atomic E-state index is 14.2. The summed E-state index contributed by atoms with van der Waals surface area (Å²) in [6, 6.07) is 10.8. The summed E-state index contributed by atoms with van der Waals surface area (Å²) in [5.74, 6) is -1.35. The first kappa shape index (κ1) is 30.7. The first-order chi connectivity index (χ1) is 20.3. The second-order valence-corrected chi connectivity index (χ2v) is 13.3. The lowest BCUT2D eigenvalue weighted by atomic mass is 9.85. The molecule has 2 saturated heterocycles. The highest BCUT2D eigenvalue weighted by Crippen LogP contribution is 2.31. The molecule has 2 aromatic carbocycles. The van der Waals surface area contributed by atoms with Crippen molar-refractivity contribution in [3.63, 3.8) is 0 Å². The van der Waals surface area contributed by atoms with Crippen LogP contribution >= 0.6 is 0 Å². The van der Waals surface area contributed by atoms with Crippen molar-refractivity contribution in [1.29, 1.82) is 0 Å². The van der Waals surface area contributed by atoms with E-state index in [1.54, 1.807) is 12.1 Å². The summed E-state index contributed by atoms with van der Waals surface area (Å²) in [6.07, 6.45) is -1.26. The number of hydrogen-bond acceptors (Lipinski definition) is 7. The first-order valence-electron chi connectivity index (χ1n) is 14.7. The van der Waals surface area contributed by atoms with E-state index in [1.807, 2.05) is 45.0 Å². The van der Waals surface area contributed by atoms with Crippen LogP contribution in [0.4, 0.5) is 14.9 Å². The van der Waals surface area contributed by atoms with Crippen LogP contribution in [0.15, 0.2) is 42.5 Å². The van der Waals surface area contributed by atoms with Crippen LogP contribution in [0.2, 0.25) is 0 Å². The number of nitrogens with zero attached hydrogens (tertiary/aromatic N) is 2. The number of amides is 3. The summed E-state index contributed by atoms with van der Waals surface area (Å²) in [6.45, 7) is 10.7. The van der Waals surface area contributed by atoms with Crippen LogP contribution in [0, 0.1) is 16.6 Å². The summed E-state index contributed by atoms with van der Waals surface area (Å²) in [4.78, 5) is 42.3. The SMILES string of the molecule is CC1(COCc2cccc(N[C@H](C(=O)N3C[C@H](OC(=O)N4Cc5cccc(F)c5C4)C[C@H]3C(N)=O)C(C)(C)C)c2)COC1. The molecular weight excluding hydrogens is 555 g/mol. The molecule has 232 valence electrons. The standard InChI is InChI=1S/C32H41FN4O6/c1-31(2,3)27(35-22-9-5-7-20(11-22)16-41-17-32(4)18-42-19-32)29(39)37-14-23(12-26(37)28(34)38)43-30(40)36-13-21-8-6-10-25(33)24(21)15-36/h5-11,23,26-27,35H,12-19H2,1-4H3,(H2,34,38)/t23-,26+,27-/m1/s1. The molecule has 2 fully saturated rings. The number of likely N-dealkylation sites (tertiary alicyclic amines) is 1. The summed E-state index contributed by atoms with van der Waals surface area (Å²) >= 11 is 0. The maximum Gasteiger partial charge on any atom is 0.410 e. The minimum absolute atomic E-state index is 0.0257. The van der Waals surface area contributed by atoms with Gasteiger partial charge in [0.05, 0.1) is 39.5 Å². The highest BCUT2D eigenvalue weighted by molar-refractivity contribution is 5.91. The highest BCUT2D eigenvalue weighted by Gasteiger charge is 2.45. The van der Waals surface area contributed by atoms with Gasteiger partial charge < -0.3 is 30.2 Å². The van der Waals surface area contributed by atoms with Crippen LogP contribution in [0.1, 0.15) is 50.8 Å². The Morgan fingerprint density at radius 2 is 1.91 bits per heavy atom. The molecule has 2 aromatic rings. The number of anilines is 1. The van der Waals surface area contributed by atoms with Crippen molar-refractivity contribution in [2.45, 2.75) is 72.0 Å². The molecule has 0 radical (unpaired) electrons. The van der Waals surface area contributed by atoms with Crippen LogP contribution < -0.4 is 11.1 Å². The Hall–Kier alpha value is -3.70. The smallest absolute Gasteiger partial charge is 0.410 e. The molecule has 3 heterocycles. The maximum atomic E-state index is 14.2. The lowest BCUT2D eigenvalue weighted by Gasteiger charge is -2.37. The van der Waals surface area contributed by atoms with Gasteiger partial charge in [-0.2, -0.15) is 0 Å². The minimum Gasteiger partial charge on any atom is -0.444 e. The Bertz CT molecular complexity index is 1370. The molecule has 3 aliphatic rings. The summed E-state index contributed by atoms with van der Waals surface area (Å²) in [7, 11) is 0. The Labute approximate surface area is 251 Å². The molecule has 3 N–H and O–H groups in total. The van der Waals surface area contributed by atoms with Gasteiger partial charge >= 0.3 is 6.09 Å². The van der Waals surface area contributed by atoms with Gasteiger partial charge in [0.25, 0.3) is 0 Å². The third-order valence-corrected chi connectivity index (χ3v) is 8.30. The Morgan fingerprint density at radius 3 is 2.56 bits per heavy atom. The van der Waals surface area contributed by atoms with Crippen LogP contribution in [-0.2, 0) is 43.5 Å². The lowest BCUT2D eigenvalue weighted by molar-refractivity contribution is -0.140. The van der Waals surface area contributed by atoms with Gasteiger partial charge in [0, 0.05) is 29.6 Å². The Balaban J connectivity index is 1.24. The molecule has 11 heteroatoms. The van der Waals surface area contributed by atoms with Gasteiger partial charge in [0.1, 0.15) is 24.0 Å². The van der Waals surface area contributed by atoms with Crippen LogP contribution in [0.5, 0.6) is 0 Å². The van der Waals surface area contributed by atoms with Crippen molar-refractivity contribution >= 4 is 23.6 Å². The van der Waals surface area contributed by atoms with Crippen molar-refractivity contribution in [2.75, 3.05) is 31.7 Å². The number of fused-ring (bicyclic) bond motifs is 1. The number of nitrogens with two attached hydrogens (primary N) is 1. The van der Waals surface area contributed by atoms with Crippen molar-refractivity contribution in [2.24, 2.45) is 16.6 Å². The zero-order chi connectivity index (χ0) is 30.9. The van der Waals surface area contributed by atoms with Gasteiger partial charge in [-0.25, -0.2) is 9.18 Å². The fraction of sp³-hybridized carbons (Fsp3) is 0.531. The lowest BCUT2D eigenvalue weighted by Crippen LogP contribution is -2.53. The van der Waals surface area contributed by atoms with E-state index < -0.39 is 35.6 Å². The van der Waals surface area contributed by atoms with E-state index in [9.17, 15) is 18.8 Å². The highest BCUT2D eigenvalue weighted by atomic mass is 19.1. The van der Waals surface area contributed by atoms with Gasteiger partial charge in [-0.1, -0.05) is 52.0 Å². The van der Waals surface area contributed by atoms with Crippen LogP contribution in [-0.4, -0.2) is 72.3 Å². The van der Waals surface area contributed by atoms with E-state index in [-0.39, 0.29) is 43.2 Å². The monoisotopic (exact) mass is 596 g/mol. The van der Waals surface area contributed by atoms with Crippen LogP contribution in [0.25, 0.3) is 0 Å². The van der Waals surface area contributed by atoms with Gasteiger partial charge in [-0.3, -0.25) is 14.5 Å². The number of nitrogens with one attached hydrogen (secondary N) is 1. The summed E-state index contributed by atoms with van der Waals surface area (Å²) in [5, 5.41) is 3.37. The minimum atomic E-state index is -0.929. The Morgan fingerprint density at radius 1 is 1.16 bits per heavy atom. The second-order valence-electron chi connectivity index (χ2n) is 13.3. The predicted octanol–water partition coefficient (Wildman–Crippen LogP) is 3.81. The number of halogens is 1. The molecule has 0 aliphatic carbocycles. The molecular formula is C32H41FN4O6. The molecule has 3 aliphatic heterocycles. The molecule has 0 unspecified atom stereocenters. The third-order valence-electron chi connectivity index (χ3n) is 8.30. The van der Waals surface area contributed by atoms with Gasteiger partial charge in [0.15, 0.2) is 0 Å². The number of carbonyl (C=O) groups is 3. The fourth-order valence-electron chi connectivity index (χ4n) is 5.80. The van der Waals surface area contributed by atoms with Crippen LogP contribution in [0.3, 0.4) is 0 Å². The molecule has 0 spiro atoms. The molecule has 3 amide bonds. The van der Waals surface area contributed by atoms with Crippen molar-refractivity contribution < 1.29 is 33.0 Å². The van der Waals surface area contributed by atoms with E-state index >= 15 is 0 Å². The zero-order valence-electron chi connectivity index (χ0n) is 25.2. The predicted molar refractivity (Wildman–Crippen MR) is 157 cm³/mol. The number of rotatable bonds is 9. The van der Waals surface area contributed by atoms with E-state index in [4.69, 9.17) is 19.9 Å². The molecule has 0 saturated carbocycles. The van der Waals surface area contributed by atoms with E-state index in [0.717, 1.165) is 16.8 Å². The average Bonchev–Trinajstić information content (AvgIpc) is 3.56. The van der Waals surface area contributed by atoms with E-state index in [2.05, 4.69) is 12.2 Å². The van der Waals surface area contributed by atoms with Gasteiger partial charge in [0.2, 0.25) is 11.8 Å². The second kappa shape index (κ2) is 12.1. The Kier molecular flexibility index (Phi) is 8.67. The largest absolute Gasteiger partial charge is 0.444 e. The number of carbonyl (C=O) groups excluding carboxylic acids is 3. The van der Waals surface area contributed by atoms with Crippen molar-refractivity contribution in [3.05, 3.63) is 65.0 Å². The molecule has 5 rings (SSSR count). The molecule has 0 aromatic heterocycles. The average molecular weight is 597 g/mol. The first-order valence-corrected chi connectivity index (χ1v) is 14.7. The molecule has 43 heavy (non-hydrogen) atoms. The van der Waals surface area contributed by atoms with Gasteiger partial charge in [-0.05, 0) is 34.7 Å². The summed E-state index contributed by atoms with van der Waals surface area (Å²) < 4.78 is 31.1. The fourth-order valence-corrected chi connectivity index (χ4v) is 5.80. The number of hydrogen-bond donors (Lipinski definition) is 2. The molecule has 0 bridgehead atoms. The third kappa shape index (κ3) is 6.94. The quantitative estimate of drug-likeness (QED) is 0.451.